The largest absolute Gasteiger partial charge is 0.324 e. The van der Waals surface area contributed by atoms with E-state index in [9.17, 15) is 0 Å². The van der Waals surface area contributed by atoms with Gasteiger partial charge in [0.05, 0.1) is 5.69 Å². The molecule has 0 radical (unpaired) electrons. The van der Waals surface area contributed by atoms with Crippen molar-refractivity contribution in [3.05, 3.63) is 77.6 Å². The molecule has 4 aromatic rings. The van der Waals surface area contributed by atoms with Gasteiger partial charge >= 0.3 is 0 Å². The fraction of sp³-hybridized carbons (Fsp3) is 0.269. The van der Waals surface area contributed by atoms with Crippen LogP contribution >= 0.6 is 11.6 Å². The van der Waals surface area contributed by atoms with E-state index in [1.807, 2.05) is 43.6 Å². The Bertz CT molecular complexity index is 1240. The number of rotatable bonds is 6. The van der Waals surface area contributed by atoms with Crippen LogP contribution in [0.4, 0.5) is 11.6 Å². The Balaban J connectivity index is 1.31. The van der Waals surface area contributed by atoms with Crippen LogP contribution in [-0.2, 0) is 13.6 Å². The van der Waals surface area contributed by atoms with Gasteiger partial charge in [-0.1, -0.05) is 35.9 Å². The molecule has 3 heterocycles. The molecular weight excluding hydrogens is 446 g/mol. The highest BCUT2D eigenvalue weighted by Gasteiger charge is 2.15. The van der Waals surface area contributed by atoms with E-state index in [1.165, 1.54) is 5.56 Å². The van der Waals surface area contributed by atoms with E-state index < -0.39 is 0 Å². The maximum absolute atomic E-state index is 6.06. The predicted molar refractivity (Wildman–Crippen MR) is 137 cm³/mol. The first-order chi connectivity index (χ1) is 16.5. The van der Waals surface area contributed by atoms with Gasteiger partial charge in [-0.25, -0.2) is 9.97 Å². The molecule has 0 unspecified atom stereocenters. The fourth-order valence-electron chi connectivity index (χ4n) is 4.15. The minimum Gasteiger partial charge on any atom is -0.324 e. The molecule has 0 aliphatic carbocycles. The minimum atomic E-state index is 0.551. The summed E-state index contributed by atoms with van der Waals surface area (Å²) in [6, 6.07) is 18.1. The highest BCUT2D eigenvalue weighted by atomic mass is 35.5. The smallest absolute Gasteiger partial charge is 0.227 e. The average molecular weight is 474 g/mol. The van der Waals surface area contributed by atoms with E-state index in [-0.39, 0.29) is 0 Å². The van der Waals surface area contributed by atoms with E-state index >= 15 is 0 Å². The summed E-state index contributed by atoms with van der Waals surface area (Å²) in [6.45, 7) is 5.47. The Morgan fingerprint density at radius 3 is 2.38 bits per heavy atom. The van der Waals surface area contributed by atoms with Crippen molar-refractivity contribution >= 4 is 23.2 Å². The third kappa shape index (κ3) is 5.28. The normalized spacial score (nSPS) is 14.9. The molecule has 7 nitrogen and oxygen atoms in total. The molecule has 1 saturated heterocycles. The molecule has 5 rings (SSSR count). The number of piperazine rings is 1. The van der Waals surface area contributed by atoms with Crippen LogP contribution < -0.4 is 5.32 Å². The summed E-state index contributed by atoms with van der Waals surface area (Å²) in [5.74, 6) is 0.551. The third-order valence-electron chi connectivity index (χ3n) is 6.09. The van der Waals surface area contributed by atoms with Crippen LogP contribution in [0.5, 0.6) is 0 Å². The summed E-state index contributed by atoms with van der Waals surface area (Å²) < 4.78 is 1.80. The zero-order chi connectivity index (χ0) is 23.5. The maximum Gasteiger partial charge on any atom is 0.227 e. The second kappa shape index (κ2) is 9.93. The third-order valence-corrected chi connectivity index (χ3v) is 6.34. The van der Waals surface area contributed by atoms with E-state index in [0.717, 1.165) is 60.9 Å². The molecule has 1 aliphatic rings. The Morgan fingerprint density at radius 1 is 0.912 bits per heavy atom. The number of nitrogens with zero attached hydrogens (tertiary/aromatic N) is 6. The van der Waals surface area contributed by atoms with Crippen LogP contribution in [0.25, 0.3) is 22.5 Å². The number of nitrogens with one attached hydrogen (secondary N) is 1. The first-order valence-corrected chi connectivity index (χ1v) is 11.8. The Hall–Kier alpha value is -3.26. The second-order valence-electron chi connectivity index (χ2n) is 8.74. The molecule has 1 aliphatic heterocycles. The molecule has 0 bridgehead atoms. The van der Waals surface area contributed by atoms with Crippen molar-refractivity contribution in [1.82, 2.24) is 29.5 Å². The van der Waals surface area contributed by atoms with Crippen LogP contribution in [-0.4, -0.2) is 62.8 Å². The van der Waals surface area contributed by atoms with Gasteiger partial charge in [-0.05, 0) is 42.9 Å². The molecule has 8 heteroatoms. The van der Waals surface area contributed by atoms with Gasteiger partial charge in [-0.15, -0.1) is 0 Å². The lowest BCUT2D eigenvalue weighted by Crippen LogP contribution is -2.43. The highest BCUT2D eigenvalue weighted by molar-refractivity contribution is 6.30. The van der Waals surface area contributed by atoms with Gasteiger partial charge in [0.2, 0.25) is 5.95 Å². The number of likely N-dealkylation sites (N-methyl/N-ethyl adjacent to an activating group) is 1. The zero-order valence-electron chi connectivity index (χ0n) is 19.4. The first-order valence-electron chi connectivity index (χ1n) is 11.4. The molecule has 174 valence electrons. The van der Waals surface area contributed by atoms with Crippen LogP contribution in [0.2, 0.25) is 5.02 Å². The average Bonchev–Trinajstić information content (AvgIpc) is 3.24. The van der Waals surface area contributed by atoms with Crippen LogP contribution in [0.1, 0.15) is 5.56 Å². The van der Waals surface area contributed by atoms with E-state index in [0.29, 0.717) is 11.0 Å². The lowest BCUT2D eigenvalue weighted by molar-refractivity contribution is 0.148. The number of halogens is 1. The molecular formula is C26H28ClN7. The summed E-state index contributed by atoms with van der Waals surface area (Å²) in [4.78, 5) is 14.1. The number of aryl methyl sites for hydroxylation is 1. The van der Waals surface area contributed by atoms with Crippen LogP contribution in [0.3, 0.4) is 0 Å². The molecule has 0 spiro atoms. The highest BCUT2D eigenvalue weighted by Crippen LogP contribution is 2.31. The lowest BCUT2D eigenvalue weighted by atomic mass is 10.1. The van der Waals surface area contributed by atoms with E-state index in [1.54, 1.807) is 10.9 Å². The van der Waals surface area contributed by atoms with Gasteiger partial charge < -0.3 is 10.2 Å². The summed E-state index contributed by atoms with van der Waals surface area (Å²) in [5.41, 5.74) is 5.87. The van der Waals surface area contributed by atoms with Gasteiger partial charge in [-0.3, -0.25) is 9.58 Å². The first kappa shape index (κ1) is 22.5. The Kier molecular flexibility index (Phi) is 6.58. The molecule has 0 saturated carbocycles. The Morgan fingerprint density at radius 2 is 1.65 bits per heavy atom. The standard InChI is InChI=1S/C26H28ClN7/c1-32-13-15-34(16-14-32)17-19-3-9-22(10-4-19)29-26-28-12-11-24(30-26)23-18-33(2)31-25(23)20-5-7-21(27)8-6-20/h3-12,18H,13-17H2,1-2H3,(H,28,29,30). The van der Waals surface area contributed by atoms with Crippen molar-refractivity contribution in [3.8, 4) is 22.5 Å². The van der Waals surface area contributed by atoms with Crippen molar-refractivity contribution in [2.75, 3.05) is 38.5 Å². The monoisotopic (exact) mass is 473 g/mol. The maximum atomic E-state index is 6.06. The number of hydrogen-bond donors (Lipinski definition) is 1. The number of anilines is 2. The summed E-state index contributed by atoms with van der Waals surface area (Å²) >= 11 is 6.06. The lowest BCUT2D eigenvalue weighted by Gasteiger charge is -2.32. The van der Waals surface area contributed by atoms with E-state index in [4.69, 9.17) is 16.6 Å². The van der Waals surface area contributed by atoms with Crippen LogP contribution in [0, 0.1) is 0 Å². The number of aromatic nitrogens is 4. The zero-order valence-corrected chi connectivity index (χ0v) is 20.2. The predicted octanol–water partition coefficient (Wildman–Crippen LogP) is 4.69. The molecule has 34 heavy (non-hydrogen) atoms. The summed E-state index contributed by atoms with van der Waals surface area (Å²) in [6.07, 6.45) is 3.74. The summed E-state index contributed by atoms with van der Waals surface area (Å²) in [7, 11) is 4.09. The van der Waals surface area contributed by atoms with Crippen LogP contribution in [0.15, 0.2) is 67.0 Å². The van der Waals surface area contributed by atoms with Crippen molar-refractivity contribution < 1.29 is 0 Å². The molecule has 2 aromatic carbocycles. The van der Waals surface area contributed by atoms with Crippen molar-refractivity contribution in [1.29, 1.82) is 0 Å². The molecule has 0 amide bonds. The van der Waals surface area contributed by atoms with E-state index in [2.05, 4.69) is 56.5 Å². The number of benzene rings is 2. The molecule has 0 atom stereocenters. The van der Waals surface area contributed by atoms with Crippen molar-refractivity contribution in [2.24, 2.45) is 7.05 Å². The Labute approximate surface area is 205 Å². The molecule has 1 fully saturated rings. The van der Waals surface area contributed by atoms with Gasteiger partial charge in [0, 0.05) is 74.0 Å². The number of hydrogen-bond acceptors (Lipinski definition) is 6. The topological polar surface area (TPSA) is 62.1 Å². The van der Waals surface area contributed by atoms with Crippen molar-refractivity contribution in [3.63, 3.8) is 0 Å². The van der Waals surface area contributed by atoms with Gasteiger partial charge in [0.15, 0.2) is 0 Å². The molecule has 2 aromatic heterocycles. The SMILES string of the molecule is CN1CCN(Cc2ccc(Nc3nccc(-c4cn(C)nc4-c4ccc(Cl)cc4)n3)cc2)CC1. The van der Waals surface area contributed by atoms with Gasteiger partial charge in [0.25, 0.3) is 0 Å². The minimum absolute atomic E-state index is 0.551. The molecule has 1 N–H and O–H groups in total. The fourth-order valence-corrected chi connectivity index (χ4v) is 4.28. The quantitative estimate of drug-likeness (QED) is 0.438. The second-order valence-corrected chi connectivity index (χ2v) is 9.18. The summed E-state index contributed by atoms with van der Waals surface area (Å²) in [5, 5.41) is 8.68. The van der Waals surface area contributed by atoms with Crippen molar-refractivity contribution in [2.45, 2.75) is 6.54 Å². The van der Waals surface area contributed by atoms with Gasteiger partial charge in [0.1, 0.15) is 5.69 Å². The van der Waals surface area contributed by atoms with Gasteiger partial charge in [-0.2, -0.15) is 5.10 Å².